The Bertz CT molecular complexity index is 335. The third kappa shape index (κ3) is 2.20. The lowest BCUT2D eigenvalue weighted by Crippen LogP contribution is -2.29. The first kappa shape index (κ1) is 10.9. The monoisotopic (exact) mass is 208 g/mol. The van der Waals surface area contributed by atoms with Crippen molar-refractivity contribution in [3.8, 4) is 0 Å². The van der Waals surface area contributed by atoms with Gasteiger partial charge in [-0.2, -0.15) is 17.6 Å². The van der Waals surface area contributed by atoms with Gasteiger partial charge in [0.05, 0.1) is 0 Å². The molecule has 0 fully saturated rings. The second-order valence-corrected chi connectivity index (χ2v) is 2.88. The van der Waals surface area contributed by atoms with Crippen molar-refractivity contribution < 1.29 is 17.6 Å². The second kappa shape index (κ2) is 3.53. The summed E-state index contributed by atoms with van der Waals surface area (Å²) in [6.45, 7) is 1.35. The highest BCUT2D eigenvalue weighted by molar-refractivity contribution is 5.26. The summed E-state index contributed by atoms with van der Waals surface area (Å²) in [4.78, 5) is 3.13. The number of pyridine rings is 1. The number of hydrogen-bond donors (Lipinski definition) is 1. The highest BCUT2D eigenvalue weighted by atomic mass is 19.4. The molecule has 0 spiro atoms. The molecule has 6 heteroatoms. The molecule has 1 rings (SSSR count). The Morgan fingerprint density at radius 2 is 2.00 bits per heavy atom. The molecule has 2 nitrogen and oxygen atoms in total. The van der Waals surface area contributed by atoms with Crippen LogP contribution >= 0.6 is 0 Å². The van der Waals surface area contributed by atoms with Gasteiger partial charge < -0.3 is 5.73 Å². The van der Waals surface area contributed by atoms with Crippen LogP contribution in [0.25, 0.3) is 0 Å². The van der Waals surface area contributed by atoms with Gasteiger partial charge in [-0.05, 0) is 24.1 Å². The smallest absolute Gasteiger partial charge is 0.316 e. The largest absolute Gasteiger partial charge is 0.407 e. The van der Waals surface area contributed by atoms with Crippen molar-refractivity contribution in [1.29, 1.82) is 0 Å². The van der Waals surface area contributed by atoms with Crippen LogP contribution in [0.2, 0.25) is 0 Å². The van der Waals surface area contributed by atoms with Crippen molar-refractivity contribution in [3.63, 3.8) is 0 Å². The van der Waals surface area contributed by atoms with Crippen molar-refractivity contribution in [3.05, 3.63) is 29.3 Å². The first-order valence-electron chi connectivity index (χ1n) is 3.76. The van der Waals surface area contributed by atoms with E-state index in [0.717, 1.165) is 12.3 Å². The van der Waals surface area contributed by atoms with Crippen molar-refractivity contribution in [1.82, 2.24) is 4.98 Å². The standard InChI is InChI=1S/C8H8F4N2/c1-4-2-6(9)14-3-5(4)7(13)8(10,11)12/h2-3,7H,13H2,1H3/t7-/m1/s1. The van der Waals surface area contributed by atoms with E-state index in [1.165, 1.54) is 6.92 Å². The van der Waals surface area contributed by atoms with E-state index in [2.05, 4.69) is 4.98 Å². The molecule has 2 N–H and O–H groups in total. The Labute approximate surface area is 77.7 Å². The molecule has 14 heavy (non-hydrogen) atoms. The van der Waals surface area contributed by atoms with Crippen LogP contribution in [0.4, 0.5) is 17.6 Å². The van der Waals surface area contributed by atoms with Crippen molar-refractivity contribution >= 4 is 0 Å². The third-order valence-corrected chi connectivity index (χ3v) is 1.81. The molecule has 0 aliphatic heterocycles. The summed E-state index contributed by atoms with van der Waals surface area (Å²) in [7, 11) is 0. The van der Waals surface area contributed by atoms with Crippen molar-refractivity contribution in [2.75, 3.05) is 0 Å². The fourth-order valence-corrected chi connectivity index (χ4v) is 1.03. The molecule has 0 unspecified atom stereocenters. The Morgan fingerprint density at radius 3 is 2.43 bits per heavy atom. The Balaban J connectivity index is 3.08. The molecule has 78 valence electrons. The van der Waals surface area contributed by atoms with E-state index in [1.54, 1.807) is 0 Å². The van der Waals surface area contributed by atoms with E-state index >= 15 is 0 Å². The topological polar surface area (TPSA) is 38.9 Å². The Morgan fingerprint density at radius 1 is 1.43 bits per heavy atom. The first-order valence-corrected chi connectivity index (χ1v) is 3.76. The van der Waals surface area contributed by atoms with Gasteiger partial charge in [0.1, 0.15) is 6.04 Å². The zero-order valence-corrected chi connectivity index (χ0v) is 7.27. The van der Waals surface area contributed by atoms with Gasteiger partial charge in [0, 0.05) is 6.20 Å². The van der Waals surface area contributed by atoms with Crippen LogP contribution in [-0.2, 0) is 0 Å². The number of aryl methyl sites for hydroxylation is 1. The molecule has 1 aromatic heterocycles. The van der Waals surface area contributed by atoms with Crippen molar-refractivity contribution in [2.24, 2.45) is 5.73 Å². The predicted octanol–water partition coefficient (Wildman–Crippen LogP) is 2.09. The van der Waals surface area contributed by atoms with E-state index in [1.807, 2.05) is 0 Å². The van der Waals surface area contributed by atoms with Crippen LogP contribution in [-0.4, -0.2) is 11.2 Å². The fraction of sp³-hybridized carbons (Fsp3) is 0.375. The molecule has 0 aromatic carbocycles. The number of rotatable bonds is 1. The number of nitrogens with zero attached hydrogens (tertiary/aromatic N) is 1. The molecule has 1 heterocycles. The molecular formula is C8H8F4N2. The summed E-state index contributed by atoms with van der Waals surface area (Å²) in [5.74, 6) is -0.819. The molecule has 0 amide bonds. The van der Waals surface area contributed by atoms with Crippen LogP contribution in [0.1, 0.15) is 17.2 Å². The molecule has 0 bridgehead atoms. The molecule has 0 radical (unpaired) electrons. The summed E-state index contributed by atoms with van der Waals surface area (Å²) in [6.07, 6.45) is -3.73. The summed E-state index contributed by atoms with van der Waals surface area (Å²) in [5, 5.41) is 0. The van der Waals surface area contributed by atoms with E-state index < -0.39 is 18.2 Å². The molecule has 0 aliphatic rings. The van der Waals surface area contributed by atoms with Gasteiger partial charge in [0.2, 0.25) is 5.95 Å². The van der Waals surface area contributed by atoms with Gasteiger partial charge in [-0.3, -0.25) is 0 Å². The maximum Gasteiger partial charge on any atom is 0.407 e. The second-order valence-electron chi connectivity index (χ2n) is 2.88. The summed E-state index contributed by atoms with van der Waals surface area (Å²) in [5.41, 5.74) is 4.87. The maximum absolute atomic E-state index is 12.5. The molecular weight excluding hydrogens is 200 g/mol. The van der Waals surface area contributed by atoms with E-state index in [-0.39, 0.29) is 11.1 Å². The van der Waals surface area contributed by atoms with Gasteiger partial charge in [-0.25, -0.2) is 4.98 Å². The summed E-state index contributed by atoms with van der Waals surface area (Å²) < 4.78 is 49.0. The minimum absolute atomic E-state index is 0.141. The highest BCUT2D eigenvalue weighted by Crippen LogP contribution is 2.31. The van der Waals surface area contributed by atoms with Crippen LogP contribution < -0.4 is 5.73 Å². The van der Waals surface area contributed by atoms with E-state index in [9.17, 15) is 17.6 Å². The number of hydrogen-bond acceptors (Lipinski definition) is 2. The van der Waals surface area contributed by atoms with Crippen LogP contribution in [0.5, 0.6) is 0 Å². The lowest BCUT2D eigenvalue weighted by molar-refractivity contribution is -0.149. The van der Waals surface area contributed by atoms with Gasteiger partial charge in [0.15, 0.2) is 0 Å². The zero-order chi connectivity index (χ0) is 10.9. The number of halogens is 4. The maximum atomic E-state index is 12.5. The van der Waals surface area contributed by atoms with Gasteiger partial charge in [-0.1, -0.05) is 0 Å². The quantitative estimate of drug-likeness (QED) is 0.567. The SMILES string of the molecule is Cc1cc(F)ncc1[C@@H](N)C(F)(F)F. The lowest BCUT2D eigenvalue weighted by atomic mass is 10.0. The minimum Gasteiger partial charge on any atom is -0.316 e. The fourth-order valence-electron chi connectivity index (χ4n) is 1.03. The minimum atomic E-state index is -4.54. The van der Waals surface area contributed by atoms with Crippen LogP contribution in [0, 0.1) is 12.9 Å². The van der Waals surface area contributed by atoms with Gasteiger partial charge in [0.25, 0.3) is 0 Å². The molecule has 0 saturated heterocycles. The summed E-state index contributed by atoms with van der Waals surface area (Å²) >= 11 is 0. The summed E-state index contributed by atoms with van der Waals surface area (Å²) in [6, 6.07) is -1.20. The lowest BCUT2D eigenvalue weighted by Gasteiger charge is -2.17. The predicted molar refractivity (Wildman–Crippen MR) is 41.9 cm³/mol. The number of nitrogens with two attached hydrogens (primary N) is 1. The van der Waals surface area contributed by atoms with Crippen LogP contribution in [0.15, 0.2) is 12.3 Å². The normalized spacial score (nSPS) is 14.1. The average Bonchev–Trinajstić information content (AvgIpc) is 2.01. The van der Waals surface area contributed by atoms with Gasteiger partial charge >= 0.3 is 6.18 Å². The number of alkyl halides is 3. The van der Waals surface area contributed by atoms with E-state index in [4.69, 9.17) is 5.73 Å². The molecule has 1 aromatic rings. The third-order valence-electron chi connectivity index (χ3n) is 1.81. The Kier molecular flexibility index (Phi) is 2.75. The molecule has 1 atom stereocenters. The first-order chi connectivity index (χ1) is 6.32. The van der Waals surface area contributed by atoms with E-state index in [0.29, 0.717) is 0 Å². The highest BCUT2D eigenvalue weighted by Gasteiger charge is 2.38. The number of aromatic nitrogens is 1. The Hall–Kier alpha value is -1.17. The average molecular weight is 208 g/mol. The van der Waals surface area contributed by atoms with Gasteiger partial charge in [-0.15, -0.1) is 0 Å². The molecule has 0 aliphatic carbocycles. The molecule has 0 saturated carbocycles. The zero-order valence-electron chi connectivity index (χ0n) is 7.27. The van der Waals surface area contributed by atoms with Crippen LogP contribution in [0.3, 0.4) is 0 Å². The van der Waals surface area contributed by atoms with Crippen molar-refractivity contribution in [2.45, 2.75) is 19.1 Å².